The van der Waals surface area contributed by atoms with Gasteiger partial charge in [0.25, 0.3) is 0 Å². The van der Waals surface area contributed by atoms with Crippen molar-refractivity contribution < 1.29 is 0 Å². The average molecular weight is 332 g/mol. The Bertz CT molecular complexity index is 765. The molecule has 0 atom stereocenters. The maximum atomic E-state index is 4.50. The summed E-state index contributed by atoms with van der Waals surface area (Å²) in [7, 11) is 1.85. The molecule has 20 heavy (non-hydrogen) atoms. The minimum absolute atomic E-state index is 0.683. The van der Waals surface area contributed by atoms with E-state index in [1.165, 1.54) is 5.56 Å². The van der Waals surface area contributed by atoms with Gasteiger partial charge in [0.1, 0.15) is 11.6 Å². The number of aromatic nitrogens is 4. The van der Waals surface area contributed by atoms with Crippen LogP contribution in [0.3, 0.4) is 0 Å². The number of halogens is 1. The fraction of sp³-hybridized carbons (Fsp3) is 0.214. The second-order valence-electron chi connectivity index (χ2n) is 4.54. The van der Waals surface area contributed by atoms with Crippen molar-refractivity contribution in [3.63, 3.8) is 0 Å². The van der Waals surface area contributed by atoms with Crippen LogP contribution in [-0.4, -0.2) is 26.8 Å². The second kappa shape index (κ2) is 5.20. The van der Waals surface area contributed by atoms with E-state index >= 15 is 0 Å². The summed E-state index contributed by atoms with van der Waals surface area (Å²) in [6, 6.07) is 8.19. The van der Waals surface area contributed by atoms with Crippen molar-refractivity contribution in [1.82, 2.24) is 19.7 Å². The van der Waals surface area contributed by atoms with Crippen LogP contribution < -0.4 is 5.32 Å². The summed E-state index contributed by atoms with van der Waals surface area (Å²) < 4.78 is 2.96. The molecule has 0 bridgehead atoms. The number of nitrogens with zero attached hydrogens (tertiary/aromatic N) is 4. The van der Waals surface area contributed by atoms with Crippen LogP contribution in [0.5, 0.6) is 0 Å². The zero-order valence-electron chi connectivity index (χ0n) is 11.3. The lowest BCUT2D eigenvalue weighted by atomic mass is 10.2. The largest absolute Gasteiger partial charge is 0.372 e. The molecule has 0 saturated heterocycles. The normalized spacial score (nSPS) is 10.9. The SMILES string of the molecule is CNc1nc(C)nc2c1cnn2Cc1cccc(Br)c1. The number of benzene rings is 1. The van der Waals surface area contributed by atoms with Gasteiger partial charge in [-0.3, -0.25) is 0 Å². The van der Waals surface area contributed by atoms with Crippen LogP contribution in [0.25, 0.3) is 11.0 Å². The summed E-state index contributed by atoms with van der Waals surface area (Å²) >= 11 is 3.49. The molecule has 0 unspecified atom stereocenters. The third kappa shape index (κ3) is 2.38. The van der Waals surface area contributed by atoms with Crippen molar-refractivity contribution in [2.45, 2.75) is 13.5 Å². The molecule has 2 heterocycles. The van der Waals surface area contributed by atoms with Crippen molar-refractivity contribution in [3.05, 3.63) is 46.3 Å². The molecule has 2 aromatic heterocycles. The molecule has 0 aliphatic rings. The van der Waals surface area contributed by atoms with Crippen molar-refractivity contribution in [2.75, 3.05) is 12.4 Å². The average Bonchev–Trinajstić information content (AvgIpc) is 2.81. The molecule has 1 N–H and O–H groups in total. The maximum absolute atomic E-state index is 4.50. The molecule has 0 fully saturated rings. The lowest BCUT2D eigenvalue weighted by Gasteiger charge is -2.06. The van der Waals surface area contributed by atoms with Gasteiger partial charge in [0.05, 0.1) is 18.1 Å². The third-order valence-corrected chi connectivity index (χ3v) is 3.56. The van der Waals surface area contributed by atoms with Crippen LogP contribution in [0.2, 0.25) is 0 Å². The number of hydrogen-bond donors (Lipinski definition) is 1. The summed E-state index contributed by atoms with van der Waals surface area (Å²) in [5, 5.41) is 8.45. The smallest absolute Gasteiger partial charge is 0.163 e. The molecular formula is C14H14BrN5. The zero-order chi connectivity index (χ0) is 14.1. The first-order valence-corrected chi connectivity index (χ1v) is 7.09. The van der Waals surface area contributed by atoms with E-state index in [-0.39, 0.29) is 0 Å². The number of fused-ring (bicyclic) bond motifs is 1. The first kappa shape index (κ1) is 13.1. The van der Waals surface area contributed by atoms with E-state index in [0.29, 0.717) is 6.54 Å². The summed E-state index contributed by atoms with van der Waals surface area (Å²) in [5.41, 5.74) is 2.02. The highest BCUT2D eigenvalue weighted by atomic mass is 79.9. The van der Waals surface area contributed by atoms with E-state index < -0.39 is 0 Å². The fourth-order valence-corrected chi connectivity index (χ4v) is 2.63. The quantitative estimate of drug-likeness (QED) is 0.801. The highest BCUT2D eigenvalue weighted by Gasteiger charge is 2.10. The Balaban J connectivity index is 2.06. The van der Waals surface area contributed by atoms with E-state index in [1.807, 2.05) is 30.8 Å². The first-order chi connectivity index (χ1) is 9.67. The molecule has 0 amide bonds. The van der Waals surface area contributed by atoms with Gasteiger partial charge in [-0.05, 0) is 24.6 Å². The molecule has 3 aromatic rings. The van der Waals surface area contributed by atoms with Crippen LogP contribution in [-0.2, 0) is 6.54 Å². The number of hydrogen-bond acceptors (Lipinski definition) is 4. The van der Waals surface area contributed by atoms with Crippen molar-refractivity contribution in [3.8, 4) is 0 Å². The van der Waals surface area contributed by atoms with Gasteiger partial charge in [0.15, 0.2) is 5.65 Å². The Morgan fingerprint density at radius 1 is 1.30 bits per heavy atom. The molecule has 0 saturated carbocycles. The summed E-state index contributed by atoms with van der Waals surface area (Å²) in [5.74, 6) is 1.55. The zero-order valence-corrected chi connectivity index (χ0v) is 12.8. The molecule has 5 nitrogen and oxygen atoms in total. The van der Waals surface area contributed by atoms with E-state index in [4.69, 9.17) is 0 Å². The predicted molar refractivity (Wildman–Crippen MR) is 82.9 cm³/mol. The molecule has 0 radical (unpaired) electrons. The molecule has 0 aliphatic heterocycles. The number of aryl methyl sites for hydroxylation is 1. The maximum Gasteiger partial charge on any atom is 0.163 e. The topological polar surface area (TPSA) is 55.6 Å². The second-order valence-corrected chi connectivity index (χ2v) is 5.45. The molecule has 0 spiro atoms. The molecule has 102 valence electrons. The van der Waals surface area contributed by atoms with E-state index in [1.54, 1.807) is 6.20 Å². The Labute approximate surface area is 125 Å². The molecule has 0 aliphatic carbocycles. The van der Waals surface area contributed by atoms with E-state index in [2.05, 4.69) is 48.4 Å². The van der Waals surface area contributed by atoms with Gasteiger partial charge in [-0.2, -0.15) is 5.10 Å². The Kier molecular flexibility index (Phi) is 3.40. The van der Waals surface area contributed by atoms with Gasteiger partial charge in [-0.25, -0.2) is 14.6 Å². The van der Waals surface area contributed by atoms with E-state index in [9.17, 15) is 0 Å². The summed E-state index contributed by atoms with van der Waals surface area (Å²) in [6.07, 6.45) is 1.80. The van der Waals surface area contributed by atoms with Crippen molar-refractivity contribution in [2.24, 2.45) is 0 Å². The van der Waals surface area contributed by atoms with Crippen LogP contribution in [0.15, 0.2) is 34.9 Å². The Morgan fingerprint density at radius 2 is 2.15 bits per heavy atom. The molecule has 1 aromatic carbocycles. The van der Waals surface area contributed by atoms with Crippen molar-refractivity contribution >= 4 is 32.8 Å². The lowest BCUT2D eigenvalue weighted by molar-refractivity contribution is 0.702. The van der Waals surface area contributed by atoms with Gasteiger partial charge in [-0.15, -0.1) is 0 Å². The highest BCUT2D eigenvalue weighted by Crippen LogP contribution is 2.21. The van der Waals surface area contributed by atoms with Crippen LogP contribution in [0.1, 0.15) is 11.4 Å². The van der Waals surface area contributed by atoms with Crippen LogP contribution >= 0.6 is 15.9 Å². The summed E-state index contributed by atoms with van der Waals surface area (Å²) in [4.78, 5) is 8.87. The Morgan fingerprint density at radius 3 is 2.90 bits per heavy atom. The van der Waals surface area contributed by atoms with Gasteiger partial charge < -0.3 is 5.32 Å². The first-order valence-electron chi connectivity index (χ1n) is 6.30. The minimum Gasteiger partial charge on any atom is -0.372 e. The van der Waals surface area contributed by atoms with E-state index in [0.717, 1.165) is 27.1 Å². The van der Waals surface area contributed by atoms with Crippen molar-refractivity contribution in [1.29, 1.82) is 0 Å². The molecule has 3 rings (SSSR count). The number of nitrogens with one attached hydrogen (secondary N) is 1. The number of anilines is 1. The third-order valence-electron chi connectivity index (χ3n) is 3.07. The molecular weight excluding hydrogens is 318 g/mol. The van der Waals surface area contributed by atoms with Gasteiger partial charge in [0, 0.05) is 11.5 Å². The van der Waals surface area contributed by atoms with Crippen LogP contribution in [0, 0.1) is 6.92 Å². The number of rotatable bonds is 3. The lowest BCUT2D eigenvalue weighted by Crippen LogP contribution is -2.04. The van der Waals surface area contributed by atoms with Gasteiger partial charge in [-0.1, -0.05) is 28.1 Å². The standard InChI is InChI=1S/C14H14BrN5/c1-9-18-13(16-2)12-7-17-20(14(12)19-9)8-10-4-3-5-11(15)6-10/h3-7H,8H2,1-2H3,(H,16,18,19). The van der Waals surface area contributed by atoms with Crippen LogP contribution in [0.4, 0.5) is 5.82 Å². The van der Waals surface area contributed by atoms with Gasteiger partial charge >= 0.3 is 0 Å². The predicted octanol–water partition coefficient (Wildman–Crippen LogP) is 2.99. The Hall–Kier alpha value is -1.95. The summed E-state index contributed by atoms with van der Waals surface area (Å²) in [6.45, 7) is 2.57. The fourth-order valence-electron chi connectivity index (χ4n) is 2.18. The highest BCUT2D eigenvalue weighted by molar-refractivity contribution is 9.10. The molecule has 6 heteroatoms. The monoisotopic (exact) mass is 331 g/mol. The minimum atomic E-state index is 0.683. The van der Waals surface area contributed by atoms with Gasteiger partial charge in [0.2, 0.25) is 0 Å².